The third kappa shape index (κ3) is 4.74. The quantitative estimate of drug-likeness (QED) is 0.631. The summed E-state index contributed by atoms with van der Waals surface area (Å²) in [5, 5.41) is 21.7. The molecule has 2 aromatic carbocycles. The van der Waals surface area contributed by atoms with Crippen LogP contribution in [0.15, 0.2) is 66.3 Å². The van der Waals surface area contributed by atoms with E-state index in [0.29, 0.717) is 5.02 Å². The molecule has 0 aromatic heterocycles. The second-order valence-corrected chi connectivity index (χ2v) is 5.32. The Morgan fingerprint density at radius 3 is 2.13 bits per heavy atom. The third-order valence-corrected chi connectivity index (χ3v) is 3.40. The second kappa shape index (κ2) is 7.84. The summed E-state index contributed by atoms with van der Waals surface area (Å²) in [4.78, 5) is 0. The van der Waals surface area contributed by atoms with Crippen LogP contribution in [0.2, 0.25) is 5.02 Å². The van der Waals surface area contributed by atoms with Gasteiger partial charge in [0.2, 0.25) is 0 Å². The predicted molar refractivity (Wildman–Crippen MR) is 93.5 cm³/mol. The van der Waals surface area contributed by atoms with Crippen LogP contribution in [0.3, 0.4) is 0 Å². The molecule has 0 unspecified atom stereocenters. The van der Waals surface area contributed by atoms with E-state index >= 15 is 0 Å². The number of benzene rings is 2. The van der Waals surface area contributed by atoms with E-state index in [0.717, 1.165) is 22.5 Å². The summed E-state index contributed by atoms with van der Waals surface area (Å²) in [6.45, 7) is 2.02. The summed E-state index contributed by atoms with van der Waals surface area (Å²) in [6, 6.07) is 19.0. The summed E-state index contributed by atoms with van der Waals surface area (Å²) in [6.07, 6.45) is 3.22. The Hall–Kier alpha value is -3.01. The number of anilines is 1. The van der Waals surface area contributed by atoms with Gasteiger partial charge >= 0.3 is 0 Å². The lowest BCUT2D eigenvalue weighted by molar-refractivity contribution is 1.44. The van der Waals surface area contributed by atoms with Crippen molar-refractivity contribution in [2.24, 2.45) is 0 Å². The molecule has 2 rings (SSSR count). The van der Waals surface area contributed by atoms with E-state index in [1.165, 1.54) is 6.08 Å². The normalized spacial score (nSPS) is 10.3. The summed E-state index contributed by atoms with van der Waals surface area (Å²) in [7, 11) is 0. The molecule has 4 heteroatoms. The van der Waals surface area contributed by atoms with E-state index in [1.807, 2.05) is 55.5 Å². The Bertz CT molecular complexity index is 801. The fourth-order valence-electron chi connectivity index (χ4n) is 1.90. The number of nitrogens with zero attached hydrogens (tertiary/aromatic N) is 2. The Morgan fingerprint density at radius 2 is 1.57 bits per heavy atom. The first-order valence-electron chi connectivity index (χ1n) is 6.94. The average molecular weight is 320 g/mol. The van der Waals surface area contributed by atoms with Crippen LogP contribution in [0.1, 0.15) is 11.1 Å². The van der Waals surface area contributed by atoms with Gasteiger partial charge in [0.25, 0.3) is 0 Å². The van der Waals surface area contributed by atoms with Crippen molar-refractivity contribution in [1.82, 2.24) is 0 Å². The van der Waals surface area contributed by atoms with Crippen molar-refractivity contribution in [3.05, 3.63) is 82.4 Å². The molecule has 23 heavy (non-hydrogen) atoms. The summed E-state index contributed by atoms with van der Waals surface area (Å²) in [5.74, 6) is 0. The minimum atomic E-state index is 0.0486. The van der Waals surface area contributed by atoms with Crippen LogP contribution in [0.25, 0.3) is 5.70 Å². The number of halogens is 1. The molecule has 0 amide bonds. The van der Waals surface area contributed by atoms with Gasteiger partial charge in [-0.05, 0) is 48.9 Å². The highest BCUT2D eigenvalue weighted by atomic mass is 35.5. The van der Waals surface area contributed by atoms with Gasteiger partial charge in [0.05, 0.1) is 0 Å². The molecule has 0 bridgehead atoms. The van der Waals surface area contributed by atoms with Gasteiger partial charge in [0.1, 0.15) is 17.7 Å². The van der Waals surface area contributed by atoms with Gasteiger partial charge in [0.15, 0.2) is 0 Å². The van der Waals surface area contributed by atoms with Gasteiger partial charge in [-0.15, -0.1) is 0 Å². The Morgan fingerprint density at radius 1 is 0.957 bits per heavy atom. The first-order chi connectivity index (χ1) is 11.1. The molecule has 0 radical (unpaired) electrons. The highest BCUT2D eigenvalue weighted by molar-refractivity contribution is 6.30. The van der Waals surface area contributed by atoms with Crippen LogP contribution in [0, 0.1) is 29.6 Å². The lowest BCUT2D eigenvalue weighted by Crippen LogP contribution is -1.98. The maximum absolute atomic E-state index is 8.86. The van der Waals surface area contributed by atoms with Crippen LogP contribution in [0.4, 0.5) is 5.69 Å². The van der Waals surface area contributed by atoms with E-state index in [9.17, 15) is 0 Å². The predicted octanol–water partition coefficient (Wildman–Crippen LogP) is 5.07. The smallest absolute Gasteiger partial charge is 0.129 e. The molecule has 0 heterocycles. The number of aryl methyl sites for hydroxylation is 1. The van der Waals surface area contributed by atoms with Crippen molar-refractivity contribution in [3.8, 4) is 12.1 Å². The minimum Gasteiger partial charge on any atom is -0.355 e. The molecule has 0 aliphatic carbocycles. The van der Waals surface area contributed by atoms with E-state index < -0.39 is 0 Å². The summed E-state index contributed by atoms with van der Waals surface area (Å²) < 4.78 is 0. The average Bonchev–Trinajstić information content (AvgIpc) is 2.57. The van der Waals surface area contributed by atoms with E-state index in [1.54, 1.807) is 18.2 Å². The molecule has 0 saturated carbocycles. The molecule has 0 fully saturated rings. The van der Waals surface area contributed by atoms with Crippen molar-refractivity contribution in [1.29, 1.82) is 10.5 Å². The maximum atomic E-state index is 8.86. The fourth-order valence-corrected chi connectivity index (χ4v) is 2.02. The fraction of sp³-hybridized carbons (Fsp3) is 0.0526. The Kier molecular flexibility index (Phi) is 5.58. The number of rotatable bonds is 4. The van der Waals surface area contributed by atoms with Crippen LogP contribution in [-0.4, -0.2) is 0 Å². The van der Waals surface area contributed by atoms with Crippen molar-refractivity contribution >= 4 is 23.0 Å². The van der Waals surface area contributed by atoms with Crippen molar-refractivity contribution < 1.29 is 0 Å². The van der Waals surface area contributed by atoms with Crippen LogP contribution < -0.4 is 5.32 Å². The Labute approximate surface area is 140 Å². The lowest BCUT2D eigenvalue weighted by atomic mass is 10.1. The number of hydrogen-bond acceptors (Lipinski definition) is 3. The molecule has 0 aliphatic heterocycles. The second-order valence-electron chi connectivity index (χ2n) is 4.88. The minimum absolute atomic E-state index is 0.0486. The van der Waals surface area contributed by atoms with Gasteiger partial charge in [0, 0.05) is 16.4 Å². The highest BCUT2D eigenvalue weighted by Gasteiger charge is 2.02. The monoisotopic (exact) mass is 319 g/mol. The standard InChI is InChI=1S/C19H14ClN3/c1-14-2-5-16(6-3-14)19(11-4-15(12-21)13-22)23-18-9-7-17(20)8-10-18/h2-11,23H,1H3/b19-11-. The van der Waals surface area contributed by atoms with Gasteiger partial charge in [-0.1, -0.05) is 41.4 Å². The number of hydrogen-bond donors (Lipinski definition) is 1. The number of allylic oxidation sites excluding steroid dienone is 3. The van der Waals surface area contributed by atoms with E-state index in [4.69, 9.17) is 22.1 Å². The molecule has 112 valence electrons. The lowest BCUT2D eigenvalue weighted by Gasteiger charge is -2.11. The Balaban J connectivity index is 2.39. The molecule has 0 aliphatic rings. The molecular formula is C19H14ClN3. The van der Waals surface area contributed by atoms with Crippen molar-refractivity contribution in [2.45, 2.75) is 6.92 Å². The van der Waals surface area contributed by atoms with E-state index in [-0.39, 0.29) is 5.57 Å². The zero-order valence-electron chi connectivity index (χ0n) is 12.5. The molecular weight excluding hydrogens is 306 g/mol. The molecule has 3 nitrogen and oxygen atoms in total. The van der Waals surface area contributed by atoms with Gasteiger partial charge in [-0.25, -0.2) is 0 Å². The largest absolute Gasteiger partial charge is 0.355 e. The SMILES string of the molecule is Cc1ccc(/C(=C/C=C(C#N)C#N)Nc2ccc(Cl)cc2)cc1. The van der Waals surface area contributed by atoms with Crippen LogP contribution >= 0.6 is 11.6 Å². The number of nitrogens with one attached hydrogen (secondary N) is 1. The molecule has 1 N–H and O–H groups in total. The van der Waals surface area contributed by atoms with Crippen LogP contribution in [0.5, 0.6) is 0 Å². The molecule has 0 spiro atoms. The molecule has 0 saturated heterocycles. The third-order valence-electron chi connectivity index (χ3n) is 3.14. The van der Waals surface area contributed by atoms with Gasteiger partial charge < -0.3 is 5.32 Å². The molecule has 2 aromatic rings. The highest BCUT2D eigenvalue weighted by Crippen LogP contribution is 2.21. The zero-order valence-corrected chi connectivity index (χ0v) is 13.3. The number of nitriles is 2. The topological polar surface area (TPSA) is 59.6 Å². The van der Waals surface area contributed by atoms with Crippen molar-refractivity contribution in [3.63, 3.8) is 0 Å². The van der Waals surface area contributed by atoms with Crippen molar-refractivity contribution in [2.75, 3.05) is 5.32 Å². The summed E-state index contributed by atoms with van der Waals surface area (Å²) >= 11 is 5.90. The zero-order chi connectivity index (χ0) is 16.7. The van der Waals surface area contributed by atoms with Gasteiger partial charge in [-0.2, -0.15) is 10.5 Å². The first kappa shape index (κ1) is 16.4. The van der Waals surface area contributed by atoms with E-state index in [2.05, 4.69) is 5.32 Å². The van der Waals surface area contributed by atoms with Crippen LogP contribution in [-0.2, 0) is 0 Å². The molecule has 0 atom stereocenters. The first-order valence-corrected chi connectivity index (χ1v) is 7.32. The van der Waals surface area contributed by atoms with Gasteiger partial charge in [-0.3, -0.25) is 0 Å². The maximum Gasteiger partial charge on any atom is 0.129 e. The summed E-state index contributed by atoms with van der Waals surface area (Å²) in [5.41, 5.74) is 3.81.